The molecule has 0 fully saturated rings. The van der Waals surface area contributed by atoms with Crippen LogP contribution in [0.4, 0.5) is 5.95 Å². The number of hydrogen-bond acceptors (Lipinski definition) is 6. The van der Waals surface area contributed by atoms with Crippen LogP contribution in [-0.4, -0.2) is 25.6 Å². The Kier molecular flexibility index (Phi) is 3.88. The molecule has 3 aromatic heterocycles. The van der Waals surface area contributed by atoms with Crippen molar-refractivity contribution < 1.29 is 0 Å². The van der Waals surface area contributed by atoms with Crippen LogP contribution in [0.15, 0.2) is 72.4 Å². The second kappa shape index (κ2) is 6.33. The van der Waals surface area contributed by atoms with Gasteiger partial charge in [-0.3, -0.25) is 9.97 Å². The van der Waals surface area contributed by atoms with E-state index in [1.54, 1.807) is 30.9 Å². The third-order valence-electron chi connectivity index (χ3n) is 2.65. The van der Waals surface area contributed by atoms with Gasteiger partial charge in [-0.05, 0) is 30.3 Å². The fourth-order valence-electron chi connectivity index (χ4n) is 1.71. The van der Waals surface area contributed by atoms with Gasteiger partial charge >= 0.3 is 0 Å². The van der Waals surface area contributed by atoms with E-state index in [0.29, 0.717) is 11.7 Å². The largest absolute Gasteiger partial charge is 0.254 e. The van der Waals surface area contributed by atoms with E-state index in [-0.39, 0.29) is 0 Å². The molecule has 3 rings (SSSR count). The molecule has 6 heteroatoms. The first-order chi connectivity index (χ1) is 10.4. The highest BCUT2D eigenvalue weighted by molar-refractivity contribution is 6.10. The van der Waals surface area contributed by atoms with Crippen molar-refractivity contribution >= 4 is 11.7 Å². The first-order valence-electron chi connectivity index (χ1n) is 6.37. The fourth-order valence-corrected chi connectivity index (χ4v) is 1.71. The summed E-state index contributed by atoms with van der Waals surface area (Å²) in [6.45, 7) is 0. The van der Waals surface area contributed by atoms with Gasteiger partial charge in [0, 0.05) is 24.8 Å². The van der Waals surface area contributed by atoms with Gasteiger partial charge in [-0.25, -0.2) is 15.4 Å². The monoisotopic (exact) mass is 276 g/mol. The molecule has 0 amide bonds. The summed E-state index contributed by atoms with van der Waals surface area (Å²) < 4.78 is 0. The molecule has 0 aliphatic carbocycles. The quantitative estimate of drug-likeness (QED) is 0.583. The molecular formula is C15H12N6. The van der Waals surface area contributed by atoms with Crippen molar-refractivity contribution in [2.24, 2.45) is 5.10 Å². The molecule has 21 heavy (non-hydrogen) atoms. The lowest BCUT2D eigenvalue weighted by atomic mass is 10.1. The molecule has 0 aliphatic heterocycles. The molecule has 0 radical (unpaired) electrons. The van der Waals surface area contributed by atoms with Gasteiger partial charge in [-0.1, -0.05) is 12.1 Å². The van der Waals surface area contributed by atoms with Crippen LogP contribution < -0.4 is 5.43 Å². The molecular weight excluding hydrogens is 264 g/mol. The summed E-state index contributed by atoms with van der Waals surface area (Å²) in [4.78, 5) is 16.8. The molecule has 0 aliphatic rings. The van der Waals surface area contributed by atoms with Crippen molar-refractivity contribution in [1.29, 1.82) is 0 Å². The minimum atomic E-state index is 0.418. The van der Waals surface area contributed by atoms with Gasteiger partial charge in [0.2, 0.25) is 5.95 Å². The SMILES string of the molecule is c1ccc(C(=NNc2ncccn2)c2ccccn2)nc1. The van der Waals surface area contributed by atoms with Gasteiger partial charge < -0.3 is 0 Å². The van der Waals surface area contributed by atoms with Crippen molar-refractivity contribution in [1.82, 2.24) is 19.9 Å². The maximum Gasteiger partial charge on any atom is 0.243 e. The Balaban J connectivity index is 1.97. The molecule has 6 nitrogen and oxygen atoms in total. The number of nitrogens with zero attached hydrogens (tertiary/aromatic N) is 5. The van der Waals surface area contributed by atoms with Crippen molar-refractivity contribution in [3.8, 4) is 0 Å². The highest BCUT2D eigenvalue weighted by Gasteiger charge is 2.09. The summed E-state index contributed by atoms with van der Waals surface area (Å²) in [5.41, 5.74) is 4.90. The Labute approximate surface area is 121 Å². The zero-order valence-electron chi connectivity index (χ0n) is 11.1. The van der Waals surface area contributed by atoms with Crippen LogP contribution in [0.25, 0.3) is 0 Å². The maximum absolute atomic E-state index is 4.35. The van der Waals surface area contributed by atoms with Crippen molar-refractivity contribution in [2.75, 3.05) is 5.43 Å². The first-order valence-corrected chi connectivity index (χ1v) is 6.37. The van der Waals surface area contributed by atoms with E-state index in [0.717, 1.165) is 11.4 Å². The molecule has 0 saturated heterocycles. The van der Waals surface area contributed by atoms with Crippen LogP contribution in [0.1, 0.15) is 11.4 Å². The number of rotatable bonds is 4. The normalized spacial score (nSPS) is 9.90. The number of anilines is 1. The second-order valence-electron chi connectivity index (χ2n) is 4.07. The second-order valence-corrected chi connectivity index (χ2v) is 4.07. The highest BCUT2D eigenvalue weighted by Crippen LogP contribution is 2.07. The van der Waals surface area contributed by atoms with Crippen LogP contribution in [0.3, 0.4) is 0 Å². The van der Waals surface area contributed by atoms with Gasteiger partial charge in [-0.15, -0.1) is 0 Å². The van der Waals surface area contributed by atoms with E-state index in [1.807, 2.05) is 36.4 Å². The van der Waals surface area contributed by atoms with Crippen molar-refractivity contribution in [3.05, 3.63) is 78.6 Å². The summed E-state index contributed by atoms with van der Waals surface area (Å²) in [5, 5.41) is 4.35. The molecule has 0 aromatic carbocycles. The topological polar surface area (TPSA) is 76.0 Å². The predicted molar refractivity (Wildman–Crippen MR) is 79.8 cm³/mol. The lowest BCUT2D eigenvalue weighted by molar-refractivity contribution is 1.11. The molecule has 0 saturated carbocycles. The average Bonchev–Trinajstić information content (AvgIpc) is 2.58. The third kappa shape index (κ3) is 3.24. The smallest absolute Gasteiger partial charge is 0.243 e. The number of nitrogens with one attached hydrogen (secondary N) is 1. The molecule has 0 unspecified atom stereocenters. The van der Waals surface area contributed by atoms with E-state index in [4.69, 9.17) is 0 Å². The van der Waals surface area contributed by atoms with E-state index in [9.17, 15) is 0 Å². The van der Waals surface area contributed by atoms with Gasteiger partial charge in [0.1, 0.15) is 5.71 Å². The van der Waals surface area contributed by atoms with Crippen molar-refractivity contribution in [3.63, 3.8) is 0 Å². The zero-order chi connectivity index (χ0) is 14.3. The Hall–Kier alpha value is -3.15. The first kappa shape index (κ1) is 12.9. The zero-order valence-corrected chi connectivity index (χ0v) is 11.1. The summed E-state index contributed by atoms with van der Waals surface area (Å²) >= 11 is 0. The minimum absolute atomic E-state index is 0.418. The lowest BCUT2D eigenvalue weighted by Crippen LogP contribution is -2.10. The Morgan fingerprint density at radius 1 is 0.714 bits per heavy atom. The third-order valence-corrected chi connectivity index (χ3v) is 2.65. The van der Waals surface area contributed by atoms with Gasteiger partial charge in [0.05, 0.1) is 11.4 Å². The fraction of sp³-hybridized carbons (Fsp3) is 0. The van der Waals surface area contributed by atoms with E-state index < -0.39 is 0 Å². The van der Waals surface area contributed by atoms with Crippen LogP contribution in [0.5, 0.6) is 0 Å². The molecule has 0 atom stereocenters. The number of aromatic nitrogens is 4. The summed E-state index contributed by atoms with van der Waals surface area (Å²) in [5.74, 6) is 0.418. The molecule has 102 valence electrons. The molecule has 3 heterocycles. The number of hydrogen-bond donors (Lipinski definition) is 1. The van der Waals surface area contributed by atoms with Crippen LogP contribution in [0, 0.1) is 0 Å². The average molecular weight is 276 g/mol. The molecule has 0 bridgehead atoms. The van der Waals surface area contributed by atoms with Crippen LogP contribution in [0.2, 0.25) is 0 Å². The van der Waals surface area contributed by atoms with Gasteiger partial charge in [-0.2, -0.15) is 5.10 Å². The Morgan fingerprint density at radius 3 is 1.81 bits per heavy atom. The van der Waals surface area contributed by atoms with Crippen LogP contribution >= 0.6 is 0 Å². The number of pyridine rings is 2. The summed E-state index contributed by atoms with van der Waals surface area (Å²) in [6, 6.07) is 13.0. The van der Waals surface area contributed by atoms with Crippen LogP contribution in [-0.2, 0) is 0 Å². The lowest BCUT2D eigenvalue weighted by Gasteiger charge is -2.05. The van der Waals surface area contributed by atoms with E-state index in [2.05, 4.69) is 30.5 Å². The van der Waals surface area contributed by atoms with Gasteiger partial charge in [0.15, 0.2) is 0 Å². The highest BCUT2D eigenvalue weighted by atomic mass is 15.4. The summed E-state index contributed by atoms with van der Waals surface area (Å²) in [6.07, 6.45) is 6.72. The maximum atomic E-state index is 4.35. The Bertz CT molecular complexity index is 671. The summed E-state index contributed by atoms with van der Waals surface area (Å²) in [7, 11) is 0. The predicted octanol–water partition coefficient (Wildman–Crippen LogP) is 2.13. The molecule has 1 N–H and O–H groups in total. The number of hydrazone groups is 1. The Morgan fingerprint density at radius 2 is 1.29 bits per heavy atom. The van der Waals surface area contributed by atoms with E-state index in [1.165, 1.54) is 0 Å². The minimum Gasteiger partial charge on any atom is -0.254 e. The molecule has 0 spiro atoms. The molecule has 3 aromatic rings. The van der Waals surface area contributed by atoms with Gasteiger partial charge in [0.25, 0.3) is 0 Å². The van der Waals surface area contributed by atoms with Crippen molar-refractivity contribution in [2.45, 2.75) is 0 Å². The standard InChI is InChI=1S/C15H12N6/c1-3-8-16-12(6-1)14(13-7-2-4-9-17-13)20-21-15-18-10-5-11-19-15/h1-11H,(H,18,19,21). The van der Waals surface area contributed by atoms with E-state index >= 15 is 0 Å².